The molecule has 0 aromatic heterocycles. The van der Waals surface area contributed by atoms with Crippen molar-refractivity contribution in [2.45, 2.75) is 12.5 Å². The minimum Gasteiger partial charge on any atom is -0.508 e. The van der Waals surface area contributed by atoms with Crippen molar-refractivity contribution in [3.05, 3.63) is 58.1 Å². The summed E-state index contributed by atoms with van der Waals surface area (Å²) in [5, 5.41) is 12.7. The van der Waals surface area contributed by atoms with Gasteiger partial charge in [-0.1, -0.05) is 35.3 Å². The molecule has 0 radical (unpaired) electrons. The van der Waals surface area contributed by atoms with Crippen LogP contribution in [0.2, 0.25) is 10.0 Å². The number of phenols is 1. The molecule has 0 fully saturated rings. The number of carbonyl (C=O) groups excluding carboxylic acids is 1. The lowest BCUT2D eigenvalue weighted by atomic mass is 10.1. The van der Waals surface area contributed by atoms with Gasteiger partial charge in [-0.3, -0.25) is 4.79 Å². The molecule has 0 aliphatic rings. The summed E-state index contributed by atoms with van der Waals surface area (Å²) < 4.78 is 0. The lowest BCUT2D eigenvalue weighted by Crippen LogP contribution is -2.37. The molecule has 6 heteroatoms. The van der Waals surface area contributed by atoms with E-state index in [-0.39, 0.29) is 11.7 Å². The van der Waals surface area contributed by atoms with E-state index in [4.69, 9.17) is 28.9 Å². The first-order chi connectivity index (χ1) is 9.95. The lowest BCUT2D eigenvalue weighted by molar-refractivity contribution is -0.117. The average molecular weight is 325 g/mol. The molecule has 0 saturated heterocycles. The Bertz CT molecular complexity index is 645. The van der Waals surface area contributed by atoms with E-state index < -0.39 is 6.04 Å². The Morgan fingerprint density at radius 1 is 1.14 bits per heavy atom. The molecule has 1 amide bonds. The van der Waals surface area contributed by atoms with Gasteiger partial charge in [0.15, 0.2) is 0 Å². The Balaban J connectivity index is 1.98. The summed E-state index contributed by atoms with van der Waals surface area (Å²) in [4.78, 5) is 12.0. The minimum atomic E-state index is -0.705. The molecule has 2 aromatic carbocycles. The number of halogens is 2. The minimum absolute atomic E-state index is 0.174. The van der Waals surface area contributed by atoms with Crippen molar-refractivity contribution < 1.29 is 9.90 Å². The van der Waals surface area contributed by atoms with Crippen molar-refractivity contribution in [2.24, 2.45) is 5.73 Å². The van der Waals surface area contributed by atoms with Crippen molar-refractivity contribution in [2.75, 3.05) is 5.32 Å². The van der Waals surface area contributed by atoms with Crippen molar-refractivity contribution in [3.63, 3.8) is 0 Å². The van der Waals surface area contributed by atoms with Gasteiger partial charge in [0.25, 0.3) is 0 Å². The van der Waals surface area contributed by atoms with Gasteiger partial charge in [0.05, 0.1) is 16.1 Å². The second-order valence-corrected chi connectivity index (χ2v) is 5.41. The van der Waals surface area contributed by atoms with Crippen LogP contribution in [0.1, 0.15) is 5.56 Å². The van der Waals surface area contributed by atoms with E-state index in [1.54, 1.807) is 42.5 Å². The Labute approximate surface area is 132 Å². The number of rotatable bonds is 4. The van der Waals surface area contributed by atoms with E-state index in [0.29, 0.717) is 22.2 Å². The summed E-state index contributed by atoms with van der Waals surface area (Å²) in [6, 6.07) is 10.7. The van der Waals surface area contributed by atoms with Gasteiger partial charge in [-0.2, -0.15) is 0 Å². The van der Waals surface area contributed by atoms with E-state index in [0.717, 1.165) is 5.56 Å². The van der Waals surface area contributed by atoms with Gasteiger partial charge in [-0.25, -0.2) is 0 Å². The van der Waals surface area contributed by atoms with Gasteiger partial charge in [0.2, 0.25) is 5.91 Å². The number of benzene rings is 2. The second kappa shape index (κ2) is 6.80. The fourth-order valence-electron chi connectivity index (χ4n) is 1.79. The van der Waals surface area contributed by atoms with Crippen LogP contribution in [0.3, 0.4) is 0 Å². The van der Waals surface area contributed by atoms with Crippen LogP contribution in [0, 0.1) is 0 Å². The number of phenolic OH excluding ortho intramolecular Hbond substituents is 1. The van der Waals surface area contributed by atoms with Crippen LogP contribution < -0.4 is 11.1 Å². The van der Waals surface area contributed by atoms with Crippen LogP contribution in [0.15, 0.2) is 42.5 Å². The van der Waals surface area contributed by atoms with E-state index in [1.807, 2.05) is 0 Å². The van der Waals surface area contributed by atoms with Crippen molar-refractivity contribution >= 4 is 34.8 Å². The zero-order chi connectivity index (χ0) is 15.4. The van der Waals surface area contributed by atoms with Gasteiger partial charge in [-0.05, 0) is 42.3 Å². The van der Waals surface area contributed by atoms with E-state index >= 15 is 0 Å². The normalized spacial score (nSPS) is 12.0. The standard InChI is InChI=1S/C15H14Cl2N2O2/c16-12-6-3-10(8-13(12)17)19-15(21)14(18)7-9-1-4-11(20)5-2-9/h1-6,8,14,20H,7,18H2,(H,19,21)/t14-/m0/s1. The third-order valence-corrected chi connectivity index (χ3v) is 3.65. The zero-order valence-corrected chi connectivity index (χ0v) is 12.5. The molecule has 0 heterocycles. The molecule has 0 unspecified atom stereocenters. The highest BCUT2D eigenvalue weighted by Crippen LogP contribution is 2.25. The first-order valence-electron chi connectivity index (χ1n) is 6.25. The zero-order valence-electron chi connectivity index (χ0n) is 11.0. The van der Waals surface area contributed by atoms with Gasteiger partial charge in [-0.15, -0.1) is 0 Å². The molecule has 1 atom stereocenters. The second-order valence-electron chi connectivity index (χ2n) is 4.60. The monoisotopic (exact) mass is 324 g/mol. The number of anilines is 1. The maximum atomic E-state index is 12.0. The Hall–Kier alpha value is -1.75. The molecule has 0 bridgehead atoms. The van der Waals surface area contributed by atoms with Crippen LogP contribution in [0.5, 0.6) is 5.75 Å². The molecule has 2 rings (SSSR count). The summed E-state index contributed by atoms with van der Waals surface area (Å²) in [6.45, 7) is 0. The van der Waals surface area contributed by atoms with Crippen LogP contribution in [-0.4, -0.2) is 17.1 Å². The van der Waals surface area contributed by atoms with Gasteiger partial charge in [0.1, 0.15) is 5.75 Å². The maximum Gasteiger partial charge on any atom is 0.241 e. The van der Waals surface area contributed by atoms with Gasteiger partial charge >= 0.3 is 0 Å². The Morgan fingerprint density at radius 2 is 1.81 bits per heavy atom. The number of hydrogen-bond acceptors (Lipinski definition) is 3. The highest BCUT2D eigenvalue weighted by Gasteiger charge is 2.14. The highest BCUT2D eigenvalue weighted by atomic mass is 35.5. The fourth-order valence-corrected chi connectivity index (χ4v) is 2.09. The summed E-state index contributed by atoms with van der Waals surface area (Å²) in [7, 11) is 0. The number of nitrogens with two attached hydrogens (primary N) is 1. The predicted octanol–water partition coefficient (Wildman–Crippen LogP) is 3.21. The molecule has 4 N–H and O–H groups in total. The summed E-state index contributed by atoms with van der Waals surface area (Å²) in [6.07, 6.45) is 0.368. The summed E-state index contributed by atoms with van der Waals surface area (Å²) in [5.41, 5.74) is 7.27. The molecular formula is C15H14Cl2N2O2. The predicted molar refractivity (Wildman–Crippen MR) is 84.9 cm³/mol. The van der Waals surface area contributed by atoms with Crippen LogP contribution in [0.25, 0.3) is 0 Å². The molecule has 2 aromatic rings. The molecule has 0 aliphatic heterocycles. The first-order valence-corrected chi connectivity index (χ1v) is 7.00. The number of aromatic hydroxyl groups is 1. The molecule has 0 spiro atoms. The number of carbonyl (C=O) groups is 1. The molecule has 0 saturated carbocycles. The maximum absolute atomic E-state index is 12.0. The number of nitrogens with one attached hydrogen (secondary N) is 1. The number of amides is 1. The third kappa shape index (κ3) is 4.36. The van der Waals surface area contributed by atoms with Crippen molar-refractivity contribution in [3.8, 4) is 5.75 Å². The molecule has 110 valence electrons. The van der Waals surface area contributed by atoms with Gasteiger partial charge in [0, 0.05) is 5.69 Å². The molecule has 21 heavy (non-hydrogen) atoms. The van der Waals surface area contributed by atoms with Crippen LogP contribution in [-0.2, 0) is 11.2 Å². The third-order valence-electron chi connectivity index (χ3n) is 2.92. The molecule has 0 aliphatic carbocycles. The van der Waals surface area contributed by atoms with Crippen molar-refractivity contribution in [1.29, 1.82) is 0 Å². The SMILES string of the molecule is N[C@@H](Cc1ccc(O)cc1)C(=O)Nc1ccc(Cl)c(Cl)c1. The topological polar surface area (TPSA) is 75.3 Å². The van der Waals surface area contributed by atoms with E-state index in [9.17, 15) is 9.90 Å². The Morgan fingerprint density at radius 3 is 2.43 bits per heavy atom. The quantitative estimate of drug-likeness (QED) is 0.808. The van der Waals surface area contributed by atoms with Crippen molar-refractivity contribution in [1.82, 2.24) is 0 Å². The average Bonchev–Trinajstić information content (AvgIpc) is 2.45. The fraction of sp³-hybridized carbons (Fsp3) is 0.133. The van der Waals surface area contributed by atoms with Gasteiger partial charge < -0.3 is 16.2 Å². The molecular weight excluding hydrogens is 311 g/mol. The highest BCUT2D eigenvalue weighted by molar-refractivity contribution is 6.42. The van der Waals surface area contributed by atoms with Crippen LogP contribution >= 0.6 is 23.2 Å². The smallest absolute Gasteiger partial charge is 0.241 e. The Kier molecular flexibility index (Phi) is 5.07. The van der Waals surface area contributed by atoms with Crippen LogP contribution in [0.4, 0.5) is 5.69 Å². The van der Waals surface area contributed by atoms with E-state index in [1.165, 1.54) is 0 Å². The largest absolute Gasteiger partial charge is 0.508 e. The summed E-state index contributed by atoms with van der Waals surface area (Å²) in [5.74, 6) is -0.144. The summed E-state index contributed by atoms with van der Waals surface area (Å²) >= 11 is 11.7. The van der Waals surface area contributed by atoms with E-state index in [2.05, 4.69) is 5.32 Å². The molecule has 4 nitrogen and oxygen atoms in total. The number of hydrogen-bond donors (Lipinski definition) is 3. The first kappa shape index (κ1) is 15.6. The lowest BCUT2D eigenvalue weighted by Gasteiger charge is -2.13.